The molecule has 0 radical (unpaired) electrons. The third-order valence-corrected chi connectivity index (χ3v) is 7.16. The smallest absolute Gasteiger partial charge is 0.251 e. The van der Waals surface area contributed by atoms with Gasteiger partial charge in [0.05, 0.1) is 36.2 Å². The number of ether oxygens (including phenoxy) is 2. The van der Waals surface area contributed by atoms with E-state index < -0.39 is 5.82 Å². The number of hydrogen-bond acceptors (Lipinski definition) is 7. The highest BCUT2D eigenvalue weighted by Gasteiger charge is 2.29. The third kappa shape index (κ3) is 4.08. The zero-order chi connectivity index (χ0) is 23.1. The van der Waals surface area contributed by atoms with Crippen LogP contribution < -0.4 is 15.6 Å². The zero-order valence-corrected chi connectivity index (χ0v) is 19.0. The Labute approximate surface area is 196 Å². The summed E-state index contributed by atoms with van der Waals surface area (Å²) in [6, 6.07) is 8.78. The minimum absolute atomic E-state index is 0.110. The van der Waals surface area contributed by atoms with Crippen LogP contribution in [0.3, 0.4) is 0 Å². The molecular formula is C25H28FN5O3. The topological polar surface area (TPSA) is 81.5 Å². The Hall–Kier alpha value is -2.88. The van der Waals surface area contributed by atoms with Crippen LogP contribution in [0.1, 0.15) is 35.8 Å². The molecule has 0 saturated carbocycles. The van der Waals surface area contributed by atoms with Crippen molar-refractivity contribution in [2.24, 2.45) is 0 Å². The van der Waals surface area contributed by atoms with Gasteiger partial charge in [-0.1, -0.05) is 0 Å². The minimum atomic E-state index is -0.423. The zero-order valence-electron chi connectivity index (χ0n) is 19.0. The quantitative estimate of drug-likeness (QED) is 0.619. The number of halogens is 1. The number of pyridine rings is 1. The molecule has 1 saturated heterocycles. The Morgan fingerprint density at radius 3 is 2.88 bits per heavy atom. The summed E-state index contributed by atoms with van der Waals surface area (Å²) in [5, 5.41) is 13.2. The van der Waals surface area contributed by atoms with Gasteiger partial charge in [0.1, 0.15) is 6.61 Å². The maximum atomic E-state index is 14.3. The lowest BCUT2D eigenvalue weighted by atomic mass is 10.0. The van der Waals surface area contributed by atoms with Gasteiger partial charge in [-0.2, -0.15) is 10.2 Å². The molecule has 9 heteroatoms. The molecule has 6 rings (SSSR count). The molecule has 5 heterocycles. The highest BCUT2D eigenvalue weighted by atomic mass is 19.1. The summed E-state index contributed by atoms with van der Waals surface area (Å²) in [7, 11) is 0. The van der Waals surface area contributed by atoms with E-state index in [1.54, 1.807) is 22.8 Å². The Bertz CT molecular complexity index is 1270. The summed E-state index contributed by atoms with van der Waals surface area (Å²) in [6.07, 6.45) is 2.86. The second kappa shape index (κ2) is 9.05. The van der Waals surface area contributed by atoms with Gasteiger partial charge in [0.2, 0.25) is 0 Å². The number of aromatic nitrogens is 3. The van der Waals surface area contributed by atoms with Gasteiger partial charge in [0.15, 0.2) is 11.6 Å². The van der Waals surface area contributed by atoms with E-state index in [0.717, 1.165) is 61.3 Å². The number of piperidine rings is 1. The average molecular weight is 466 g/mol. The lowest BCUT2D eigenvalue weighted by molar-refractivity contribution is 0.108. The molecule has 0 amide bonds. The lowest BCUT2D eigenvalue weighted by Crippen LogP contribution is -2.46. The fourth-order valence-electron chi connectivity index (χ4n) is 5.33. The molecule has 0 aliphatic carbocycles. The first kappa shape index (κ1) is 21.6. The summed E-state index contributed by atoms with van der Waals surface area (Å²) in [5.41, 5.74) is 3.60. The first-order valence-corrected chi connectivity index (χ1v) is 12.0. The van der Waals surface area contributed by atoms with Crippen molar-refractivity contribution in [2.75, 3.05) is 32.8 Å². The van der Waals surface area contributed by atoms with Crippen LogP contribution in [0.25, 0.3) is 10.9 Å². The summed E-state index contributed by atoms with van der Waals surface area (Å²) >= 11 is 0. The monoisotopic (exact) mass is 465 g/mol. The first-order chi connectivity index (χ1) is 16.7. The molecule has 0 spiro atoms. The van der Waals surface area contributed by atoms with Crippen LogP contribution in [0, 0.1) is 5.82 Å². The van der Waals surface area contributed by atoms with Gasteiger partial charge in [-0.05, 0) is 50.2 Å². The normalized spacial score (nSPS) is 20.8. The second-order valence-electron chi connectivity index (χ2n) is 9.39. The molecule has 34 heavy (non-hydrogen) atoms. The van der Waals surface area contributed by atoms with E-state index in [0.29, 0.717) is 37.9 Å². The number of nitrogens with zero attached hydrogens (tertiary/aromatic N) is 4. The van der Waals surface area contributed by atoms with Crippen molar-refractivity contribution in [3.63, 3.8) is 0 Å². The maximum absolute atomic E-state index is 14.3. The molecule has 1 fully saturated rings. The van der Waals surface area contributed by atoms with E-state index in [2.05, 4.69) is 26.5 Å². The number of likely N-dealkylation sites (tertiary alicyclic amines) is 1. The van der Waals surface area contributed by atoms with E-state index in [4.69, 9.17) is 9.47 Å². The molecule has 3 aliphatic heterocycles. The fourth-order valence-corrected chi connectivity index (χ4v) is 5.33. The van der Waals surface area contributed by atoms with Gasteiger partial charge >= 0.3 is 0 Å². The summed E-state index contributed by atoms with van der Waals surface area (Å²) in [4.78, 5) is 15.1. The predicted molar refractivity (Wildman–Crippen MR) is 124 cm³/mol. The Morgan fingerprint density at radius 1 is 1.15 bits per heavy atom. The molecule has 8 nitrogen and oxygen atoms in total. The van der Waals surface area contributed by atoms with E-state index >= 15 is 0 Å². The number of benzene rings is 1. The molecule has 0 unspecified atom stereocenters. The Kier molecular flexibility index (Phi) is 5.76. The van der Waals surface area contributed by atoms with Crippen LogP contribution in [0.5, 0.6) is 5.75 Å². The summed E-state index contributed by atoms with van der Waals surface area (Å²) in [6.45, 7) is 4.90. The van der Waals surface area contributed by atoms with Crippen molar-refractivity contribution in [2.45, 2.75) is 44.5 Å². The van der Waals surface area contributed by atoms with Crippen LogP contribution in [0.15, 0.2) is 35.1 Å². The molecule has 1 aromatic carbocycles. The predicted octanol–water partition coefficient (Wildman–Crippen LogP) is 2.19. The van der Waals surface area contributed by atoms with Crippen molar-refractivity contribution in [3.05, 3.63) is 63.5 Å². The van der Waals surface area contributed by atoms with Gasteiger partial charge in [0.25, 0.3) is 5.56 Å². The van der Waals surface area contributed by atoms with Crippen molar-refractivity contribution in [1.29, 1.82) is 0 Å². The molecule has 0 bridgehead atoms. The molecular weight excluding hydrogens is 437 g/mol. The number of hydrogen-bond donors (Lipinski definition) is 1. The lowest BCUT2D eigenvalue weighted by Gasteiger charge is -2.36. The van der Waals surface area contributed by atoms with Gasteiger partial charge in [-0.15, -0.1) is 0 Å². The number of rotatable bonds is 5. The first-order valence-electron chi connectivity index (χ1n) is 12.0. The molecule has 2 aromatic heterocycles. The second-order valence-corrected chi connectivity index (χ2v) is 9.39. The largest absolute Gasteiger partial charge is 0.486 e. The molecule has 3 aliphatic rings. The van der Waals surface area contributed by atoms with Crippen LogP contribution in [-0.2, 0) is 24.3 Å². The highest BCUT2D eigenvalue weighted by Crippen LogP contribution is 2.34. The molecule has 178 valence electrons. The Morgan fingerprint density at radius 2 is 2.00 bits per heavy atom. The molecule has 1 N–H and O–H groups in total. The summed E-state index contributed by atoms with van der Waals surface area (Å²) in [5.74, 6) is -0.237. The van der Waals surface area contributed by atoms with Gasteiger partial charge in [0, 0.05) is 42.6 Å². The molecule has 3 aromatic rings. The Balaban J connectivity index is 1.07. The standard InChI is InChI=1S/C25H28FN5O3/c26-21-3-1-16-2-4-23(32)31-20(15-34-25(21)24(16)31)13-30-8-5-18(6-9-30)27-12-19-11-17-14-33-10-7-22(17)29-28-19/h1-4,11,18,20,27H,5-10,12-15H2/t20-/m1/s1. The maximum Gasteiger partial charge on any atom is 0.251 e. The van der Waals surface area contributed by atoms with E-state index in [-0.39, 0.29) is 17.4 Å². The van der Waals surface area contributed by atoms with E-state index in [1.165, 1.54) is 6.07 Å². The SMILES string of the molecule is O=c1ccc2ccc(F)c3c2n1[C@H](CN1CCC(NCc2cc4c(nn2)CCOC4)CC1)CO3. The number of fused-ring (bicyclic) bond motifs is 1. The highest BCUT2D eigenvalue weighted by molar-refractivity contribution is 5.85. The summed E-state index contributed by atoms with van der Waals surface area (Å²) < 4.78 is 27.3. The van der Waals surface area contributed by atoms with Crippen LogP contribution >= 0.6 is 0 Å². The van der Waals surface area contributed by atoms with E-state index in [1.807, 2.05) is 0 Å². The van der Waals surface area contributed by atoms with Crippen molar-refractivity contribution in [3.8, 4) is 5.75 Å². The van der Waals surface area contributed by atoms with Gasteiger partial charge in [-0.3, -0.25) is 9.36 Å². The van der Waals surface area contributed by atoms with Crippen LogP contribution in [-0.4, -0.2) is 58.6 Å². The van der Waals surface area contributed by atoms with Crippen molar-refractivity contribution < 1.29 is 13.9 Å². The van der Waals surface area contributed by atoms with E-state index in [9.17, 15) is 9.18 Å². The fraction of sp³-hybridized carbons (Fsp3) is 0.480. The van der Waals surface area contributed by atoms with Crippen molar-refractivity contribution in [1.82, 2.24) is 25.0 Å². The van der Waals surface area contributed by atoms with Gasteiger partial charge in [-0.25, -0.2) is 4.39 Å². The third-order valence-electron chi connectivity index (χ3n) is 7.16. The van der Waals surface area contributed by atoms with Gasteiger partial charge < -0.3 is 19.7 Å². The van der Waals surface area contributed by atoms with Crippen molar-refractivity contribution >= 4 is 10.9 Å². The average Bonchev–Trinajstić information content (AvgIpc) is 2.87. The van der Waals surface area contributed by atoms with Crippen LogP contribution in [0.4, 0.5) is 4.39 Å². The molecule has 1 atom stereocenters. The van der Waals surface area contributed by atoms with Crippen LogP contribution in [0.2, 0.25) is 0 Å². The minimum Gasteiger partial charge on any atom is -0.486 e. The number of nitrogens with one attached hydrogen (secondary N) is 1.